The summed E-state index contributed by atoms with van der Waals surface area (Å²) in [4.78, 5) is 0. The number of hydrogen-bond donors (Lipinski definition) is 0. The standard InChI is InChI=1S/2C6H4Cl.Cd/c2*7-6-4-2-1-3-5-6;/h2*2-5H;. The van der Waals surface area contributed by atoms with Gasteiger partial charge in [-0.05, 0) is 0 Å². The molecule has 0 amide bonds. The van der Waals surface area contributed by atoms with Gasteiger partial charge < -0.3 is 0 Å². The van der Waals surface area contributed by atoms with Crippen molar-refractivity contribution in [2.75, 3.05) is 0 Å². The van der Waals surface area contributed by atoms with E-state index in [4.69, 9.17) is 23.2 Å². The van der Waals surface area contributed by atoms with E-state index < -0.39 is 24.2 Å². The van der Waals surface area contributed by atoms with Crippen molar-refractivity contribution >= 4 is 29.4 Å². The van der Waals surface area contributed by atoms with Crippen molar-refractivity contribution in [2.45, 2.75) is 0 Å². The molecule has 0 aromatic heterocycles. The Bertz CT molecular complexity index is 391. The summed E-state index contributed by atoms with van der Waals surface area (Å²) in [6.45, 7) is 0. The van der Waals surface area contributed by atoms with E-state index in [1.165, 1.54) is 6.25 Å². The van der Waals surface area contributed by atoms with Crippen molar-refractivity contribution in [3.63, 3.8) is 0 Å². The van der Waals surface area contributed by atoms with Gasteiger partial charge >= 0.3 is 112 Å². The van der Waals surface area contributed by atoms with E-state index in [0.29, 0.717) is 0 Å². The van der Waals surface area contributed by atoms with Crippen LogP contribution in [0.25, 0.3) is 0 Å². The molecule has 0 aliphatic rings. The topological polar surface area (TPSA) is 0 Å². The second-order valence-corrected chi connectivity index (χ2v) is 9.97. The maximum atomic E-state index is 5.84. The quantitative estimate of drug-likeness (QED) is 0.740. The van der Waals surface area contributed by atoms with Crippen LogP contribution >= 0.6 is 23.2 Å². The van der Waals surface area contributed by atoms with Crippen molar-refractivity contribution in [3.8, 4) is 0 Å². The van der Waals surface area contributed by atoms with Gasteiger partial charge in [0, 0.05) is 0 Å². The maximum absolute atomic E-state index is 5.84. The normalized spacial score (nSPS) is 9.73. The van der Waals surface area contributed by atoms with Crippen molar-refractivity contribution < 1.29 is 24.2 Å². The van der Waals surface area contributed by atoms with Crippen LogP contribution in [0.5, 0.6) is 0 Å². The van der Waals surface area contributed by atoms with E-state index in [0.717, 1.165) is 10.0 Å². The molecular formula is C12H8CdCl2. The van der Waals surface area contributed by atoms with Crippen molar-refractivity contribution in [1.82, 2.24) is 0 Å². The Balaban J connectivity index is 2.15. The van der Waals surface area contributed by atoms with Crippen molar-refractivity contribution in [2.24, 2.45) is 0 Å². The van der Waals surface area contributed by atoms with Crippen LogP contribution in [0.15, 0.2) is 48.5 Å². The van der Waals surface area contributed by atoms with Crippen LogP contribution in [0.2, 0.25) is 10.0 Å². The summed E-state index contributed by atoms with van der Waals surface area (Å²) < 4.78 is 2.92. The molecule has 0 bridgehead atoms. The van der Waals surface area contributed by atoms with Crippen LogP contribution in [0, 0.1) is 0 Å². The summed E-state index contributed by atoms with van der Waals surface area (Å²) in [5.41, 5.74) is 0. The molecule has 0 aliphatic heterocycles. The molecule has 0 atom stereocenters. The molecule has 0 spiro atoms. The van der Waals surface area contributed by atoms with Crippen molar-refractivity contribution in [1.29, 1.82) is 0 Å². The molecule has 2 aromatic carbocycles. The van der Waals surface area contributed by atoms with Gasteiger partial charge in [0.05, 0.1) is 0 Å². The van der Waals surface area contributed by atoms with Gasteiger partial charge in [-0.3, -0.25) is 0 Å². The molecule has 0 heterocycles. The minimum atomic E-state index is -1.05. The van der Waals surface area contributed by atoms with E-state index in [2.05, 4.69) is 24.3 Å². The van der Waals surface area contributed by atoms with Crippen LogP contribution in [0.4, 0.5) is 0 Å². The summed E-state index contributed by atoms with van der Waals surface area (Å²) in [7, 11) is 0. The third kappa shape index (κ3) is 3.47. The predicted octanol–water partition coefficient (Wildman–Crippen LogP) is 3.03. The van der Waals surface area contributed by atoms with Crippen LogP contribution in [0.3, 0.4) is 0 Å². The van der Waals surface area contributed by atoms with Crippen LogP contribution in [-0.4, -0.2) is 0 Å². The van der Waals surface area contributed by atoms with Gasteiger partial charge in [-0.15, -0.1) is 0 Å². The zero-order valence-electron chi connectivity index (χ0n) is 8.08. The van der Waals surface area contributed by atoms with Crippen LogP contribution in [0.1, 0.15) is 0 Å². The average molecular weight is 336 g/mol. The molecule has 72 valence electrons. The summed E-state index contributed by atoms with van der Waals surface area (Å²) in [6.07, 6.45) is 0. The summed E-state index contributed by atoms with van der Waals surface area (Å²) in [6, 6.07) is 16.4. The third-order valence-electron chi connectivity index (χ3n) is 2.23. The SMILES string of the molecule is Clc1cc[c]([Cd][c]2ccc(Cl)cc2)cc1. The molecular weight excluding hydrogens is 327 g/mol. The number of benzene rings is 2. The molecule has 0 aliphatic carbocycles. The molecule has 0 radical (unpaired) electrons. The first kappa shape index (κ1) is 11.4. The van der Waals surface area contributed by atoms with E-state index >= 15 is 0 Å². The van der Waals surface area contributed by atoms with Gasteiger partial charge in [0.2, 0.25) is 0 Å². The van der Waals surface area contributed by atoms with Gasteiger partial charge in [-0.25, -0.2) is 0 Å². The molecule has 0 saturated carbocycles. The summed E-state index contributed by atoms with van der Waals surface area (Å²) in [5, 5.41) is 1.61. The van der Waals surface area contributed by atoms with Gasteiger partial charge in [0.15, 0.2) is 0 Å². The molecule has 2 rings (SSSR count). The first-order valence-electron chi connectivity index (χ1n) is 4.73. The summed E-state index contributed by atoms with van der Waals surface area (Å²) >= 11 is 10.6. The minimum absolute atomic E-state index is 0.807. The molecule has 0 saturated heterocycles. The van der Waals surface area contributed by atoms with Gasteiger partial charge in [0.25, 0.3) is 0 Å². The van der Waals surface area contributed by atoms with E-state index in [9.17, 15) is 0 Å². The van der Waals surface area contributed by atoms with Crippen LogP contribution < -0.4 is 6.25 Å². The Morgan fingerprint density at radius 3 is 1.27 bits per heavy atom. The predicted molar refractivity (Wildman–Crippen MR) is 62.2 cm³/mol. The molecule has 2 aromatic rings. The molecule has 0 fully saturated rings. The van der Waals surface area contributed by atoms with E-state index in [-0.39, 0.29) is 0 Å². The molecule has 15 heavy (non-hydrogen) atoms. The second-order valence-electron chi connectivity index (χ2n) is 3.43. The van der Waals surface area contributed by atoms with Crippen LogP contribution in [-0.2, 0) is 24.2 Å². The number of hydrogen-bond acceptors (Lipinski definition) is 0. The molecule has 0 N–H and O–H groups in total. The Morgan fingerprint density at radius 1 is 0.600 bits per heavy atom. The number of rotatable bonds is 2. The van der Waals surface area contributed by atoms with Gasteiger partial charge in [-0.2, -0.15) is 0 Å². The van der Waals surface area contributed by atoms with Crippen molar-refractivity contribution in [3.05, 3.63) is 58.6 Å². The average Bonchev–Trinajstić information content (AvgIpc) is 2.25. The first-order chi connectivity index (χ1) is 7.24. The van der Waals surface area contributed by atoms with Gasteiger partial charge in [-0.1, -0.05) is 0 Å². The molecule has 3 heteroatoms. The monoisotopic (exact) mass is 336 g/mol. The molecule has 0 unspecified atom stereocenters. The number of halogens is 2. The Kier molecular flexibility index (Phi) is 4.06. The van der Waals surface area contributed by atoms with E-state index in [1.807, 2.05) is 24.3 Å². The van der Waals surface area contributed by atoms with E-state index in [1.54, 1.807) is 0 Å². The Labute approximate surface area is 111 Å². The fourth-order valence-electron chi connectivity index (χ4n) is 1.44. The summed E-state index contributed by atoms with van der Waals surface area (Å²) in [5.74, 6) is 0. The Hall–Kier alpha value is -0.0579. The second kappa shape index (κ2) is 5.32. The molecule has 0 nitrogen and oxygen atoms in total. The zero-order valence-corrected chi connectivity index (χ0v) is 13.6. The Morgan fingerprint density at radius 2 is 0.933 bits per heavy atom. The van der Waals surface area contributed by atoms with Gasteiger partial charge in [0.1, 0.15) is 0 Å². The first-order valence-corrected chi connectivity index (χ1v) is 9.52. The fraction of sp³-hybridized carbons (Fsp3) is 0. The fourth-order valence-corrected chi connectivity index (χ4v) is 5.73. The zero-order chi connectivity index (χ0) is 10.7. The third-order valence-corrected chi connectivity index (χ3v) is 7.76.